The average Bonchev–Trinajstić information content (AvgIpc) is 3.31. The third kappa shape index (κ3) is 8.34. The van der Waals surface area contributed by atoms with E-state index < -0.39 is 72.6 Å². The number of nitrogens with one attached hydrogen (secondary N) is 2. The standard InChI is InChI=1S/C23H31N5O8/c24-14(12-18(25)29)20(32)26-15(8-9-19(30)31)21(33)27-16(11-13-5-2-1-3-6-13)22(34)28-10-4-7-17(28)23(35)36/h1-3,5-6,14-17H,4,7-12,24H2,(H2,25,29)(H,26,32)(H,27,33)(H,30,31)(H,35,36). The lowest BCUT2D eigenvalue weighted by atomic mass is 10.0. The van der Waals surface area contributed by atoms with Gasteiger partial charge in [0.1, 0.15) is 18.1 Å². The van der Waals surface area contributed by atoms with Crippen molar-refractivity contribution in [1.29, 1.82) is 0 Å². The molecule has 4 amide bonds. The molecular weight excluding hydrogens is 474 g/mol. The Morgan fingerprint density at radius 3 is 2.22 bits per heavy atom. The van der Waals surface area contributed by atoms with E-state index in [9.17, 15) is 33.9 Å². The van der Waals surface area contributed by atoms with Crippen LogP contribution < -0.4 is 22.1 Å². The summed E-state index contributed by atoms with van der Waals surface area (Å²) < 4.78 is 0. The maximum atomic E-state index is 13.3. The second kappa shape index (κ2) is 13.2. The number of carbonyl (C=O) groups is 6. The number of carboxylic acids is 2. The number of hydrogen-bond acceptors (Lipinski definition) is 7. The Balaban J connectivity index is 2.25. The van der Waals surface area contributed by atoms with Crippen molar-refractivity contribution in [1.82, 2.24) is 15.5 Å². The molecule has 0 saturated carbocycles. The zero-order chi connectivity index (χ0) is 26.8. The van der Waals surface area contributed by atoms with Gasteiger partial charge in [-0.3, -0.25) is 24.0 Å². The number of hydrogen-bond donors (Lipinski definition) is 6. The van der Waals surface area contributed by atoms with Crippen molar-refractivity contribution in [2.24, 2.45) is 11.5 Å². The van der Waals surface area contributed by atoms with Crippen molar-refractivity contribution < 1.29 is 39.0 Å². The van der Waals surface area contributed by atoms with Crippen LogP contribution in [0.25, 0.3) is 0 Å². The summed E-state index contributed by atoms with van der Waals surface area (Å²) in [5.41, 5.74) is 11.4. The Morgan fingerprint density at radius 2 is 1.64 bits per heavy atom. The molecule has 1 heterocycles. The molecular formula is C23H31N5O8. The number of benzene rings is 1. The summed E-state index contributed by atoms with van der Waals surface area (Å²) in [5, 5.41) is 23.4. The van der Waals surface area contributed by atoms with Crippen LogP contribution in [0.4, 0.5) is 0 Å². The highest BCUT2D eigenvalue weighted by Crippen LogP contribution is 2.20. The topological polar surface area (TPSA) is 222 Å². The van der Waals surface area contributed by atoms with E-state index in [0.717, 1.165) is 0 Å². The van der Waals surface area contributed by atoms with Crippen LogP contribution in [0.3, 0.4) is 0 Å². The summed E-state index contributed by atoms with van der Waals surface area (Å²) >= 11 is 0. The second-order valence-electron chi connectivity index (χ2n) is 8.55. The van der Waals surface area contributed by atoms with E-state index >= 15 is 0 Å². The van der Waals surface area contributed by atoms with Crippen molar-refractivity contribution in [2.75, 3.05) is 6.54 Å². The first kappa shape index (κ1) is 28.2. The fraction of sp³-hybridized carbons (Fsp3) is 0.478. The number of amides is 4. The first-order valence-corrected chi connectivity index (χ1v) is 11.4. The van der Waals surface area contributed by atoms with Gasteiger partial charge >= 0.3 is 11.9 Å². The highest BCUT2D eigenvalue weighted by Gasteiger charge is 2.38. The fourth-order valence-corrected chi connectivity index (χ4v) is 3.93. The smallest absolute Gasteiger partial charge is 0.326 e. The summed E-state index contributed by atoms with van der Waals surface area (Å²) in [4.78, 5) is 73.8. The van der Waals surface area contributed by atoms with Crippen molar-refractivity contribution in [2.45, 2.75) is 62.7 Å². The van der Waals surface area contributed by atoms with E-state index in [-0.39, 0.29) is 25.8 Å². The molecule has 1 aromatic carbocycles. The van der Waals surface area contributed by atoms with Gasteiger partial charge in [0.05, 0.1) is 12.5 Å². The van der Waals surface area contributed by atoms with E-state index in [2.05, 4.69) is 10.6 Å². The molecule has 36 heavy (non-hydrogen) atoms. The van der Waals surface area contributed by atoms with Crippen LogP contribution in [0, 0.1) is 0 Å². The van der Waals surface area contributed by atoms with Crippen molar-refractivity contribution in [3.8, 4) is 0 Å². The largest absolute Gasteiger partial charge is 0.481 e. The third-order valence-corrected chi connectivity index (χ3v) is 5.76. The third-order valence-electron chi connectivity index (χ3n) is 5.76. The lowest BCUT2D eigenvalue weighted by molar-refractivity contribution is -0.149. The molecule has 0 aromatic heterocycles. The zero-order valence-electron chi connectivity index (χ0n) is 19.6. The number of primary amides is 1. The Hall–Kier alpha value is -4.00. The van der Waals surface area contributed by atoms with Crippen LogP contribution in [-0.2, 0) is 35.2 Å². The maximum absolute atomic E-state index is 13.3. The molecule has 8 N–H and O–H groups in total. The van der Waals surface area contributed by atoms with E-state index in [4.69, 9.17) is 16.6 Å². The second-order valence-corrected chi connectivity index (χ2v) is 8.55. The SMILES string of the molecule is NC(=O)CC(N)C(=O)NC(CCC(=O)O)C(=O)NC(Cc1ccccc1)C(=O)N1CCCC1C(=O)O. The minimum Gasteiger partial charge on any atom is -0.481 e. The molecule has 13 nitrogen and oxygen atoms in total. The lowest BCUT2D eigenvalue weighted by Gasteiger charge is -2.29. The van der Waals surface area contributed by atoms with Gasteiger partial charge in [0.25, 0.3) is 0 Å². The van der Waals surface area contributed by atoms with Crippen molar-refractivity contribution in [3.05, 3.63) is 35.9 Å². The Bertz CT molecular complexity index is 986. The minimum atomic E-state index is -1.38. The summed E-state index contributed by atoms with van der Waals surface area (Å²) in [7, 11) is 0. The normalized spacial score (nSPS) is 17.5. The van der Waals surface area contributed by atoms with E-state index in [0.29, 0.717) is 12.0 Å². The molecule has 0 bridgehead atoms. The van der Waals surface area contributed by atoms with Gasteiger partial charge in [0.2, 0.25) is 23.6 Å². The average molecular weight is 506 g/mol. The minimum absolute atomic E-state index is 0.0367. The number of likely N-dealkylation sites (tertiary alicyclic amines) is 1. The molecule has 13 heteroatoms. The zero-order valence-corrected chi connectivity index (χ0v) is 19.6. The monoisotopic (exact) mass is 505 g/mol. The molecule has 1 aliphatic heterocycles. The van der Waals surface area contributed by atoms with Gasteiger partial charge in [-0.2, -0.15) is 0 Å². The number of aliphatic carboxylic acids is 2. The van der Waals surface area contributed by atoms with Crippen LogP contribution in [0.2, 0.25) is 0 Å². The van der Waals surface area contributed by atoms with Crippen LogP contribution in [0.15, 0.2) is 30.3 Å². The van der Waals surface area contributed by atoms with Gasteiger partial charge in [0, 0.05) is 19.4 Å². The molecule has 1 saturated heterocycles. The highest BCUT2D eigenvalue weighted by molar-refractivity contribution is 5.95. The lowest BCUT2D eigenvalue weighted by Crippen LogP contribution is -2.58. The Labute approximate surface area is 207 Å². The molecule has 0 radical (unpaired) electrons. The molecule has 0 spiro atoms. The highest BCUT2D eigenvalue weighted by atomic mass is 16.4. The van der Waals surface area contributed by atoms with E-state index in [1.54, 1.807) is 30.3 Å². The van der Waals surface area contributed by atoms with Gasteiger partial charge in [-0.1, -0.05) is 30.3 Å². The van der Waals surface area contributed by atoms with Gasteiger partial charge in [0.15, 0.2) is 0 Å². The molecule has 0 aliphatic carbocycles. The van der Waals surface area contributed by atoms with Crippen molar-refractivity contribution >= 4 is 35.6 Å². The predicted octanol–water partition coefficient (Wildman–Crippen LogP) is -1.66. The molecule has 1 aromatic rings. The first-order chi connectivity index (χ1) is 17.0. The summed E-state index contributed by atoms with van der Waals surface area (Å²) in [5.74, 6) is -5.56. The van der Waals surface area contributed by atoms with Gasteiger partial charge in [-0.25, -0.2) is 4.79 Å². The van der Waals surface area contributed by atoms with Gasteiger partial charge < -0.3 is 37.2 Å². The predicted molar refractivity (Wildman–Crippen MR) is 125 cm³/mol. The summed E-state index contributed by atoms with van der Waals surface area (Å²) in [6.45, 7) is 0.206. The van der Waals surface area contributed by atoms with Crippen molar-refractivity contribution in [3.63, 3.8) is 0 Å². The molecule has 1 aliphatic rings. The van der Waals surface area contributed by atoms with Crippen LogP contribution >= 0.6 is 0 Å². The number of carbonyl (C=O) groups excluding carboxylic acids is 4. The first-order valence-electron chi connectivity index (χ1n) is 11.4. The number of nitrogens with two attached hydrogens (primary N) is 2. The van der Waals surface area contributed by atoms with E-state index in [1.807, 2.05) is 0 Å². The molecule has 1 fully saturated rings. The van der Waals surface area contributed by atoms with E-state index in [1.165, 1.54) is 4.90 Å². The number of rotatable bonds is 13. The maximum Gasteiger partial charge on any atom is 0.326 e. The fourth-order valence-electron chi connectivity index (χ4n) is 3.93. The summed E-state index contributed by atoms with van der Waals surface area (Å²) in [6, 6.07) is 3.78. The van der Waals surface area contributed by atoms with Gasteiger partial charge in [-0.15, -0.1) is 0 Å². The number of carboxylic acid groups (broad SMARTS) is 2. The Kier molecular flexibility index (Phi) is 10.3. The summed E-state index contributed by atoms with van der Waals surface area (Å²) in [6.07, 6.45) is -0.474. The van der Waals surface area contributed by atoms with Crippen LogP contribution in [-0.4, -0.2) is 81.4 Å². The quantitative estimate of drug-likeness (QED) is 0.180. The molecule has 196 valence electrons. The Morgan fingerprint density at radius 1 is 1.00 bits per heavy atom. The van der Waals surface area contributed by atoms with Gasteiger partial charge in [-0.05, 0) is 24.8 Å². The van der Waals surface area contributed by atoms with Crippen LogP contribution in [0.5, 0.6) is 0 Å². The number of nitrogens with zero attached hydrogens (tertiary/aromatic N) is 1. The molecule has 2 rings (SSSR count). The van der Waals surface area contributed by atoms with Crippen LogP contribution in [0.1, 0.15) is 37.7 Å². The molecule has 4 atom stereocenters. The molecule has 4 unspecified atom stereocenters.